The third kappa shape index (κ3) is 5.56. The molecule has 7 aromatic carbocycles. The molecule has 0 amide bonds. The minimum Gasteiger partial charge on any atom is -0.228 e. The van der Waals surface area contributed by atoms with Crippen LogP contribution < -0.4 is 0 Å². The molecule has 8 aromatic rings. The number of aromatic nitrogens is 2. The lowest BCUT2D eigenvalue weighted by Crippen LogP contribution is -2.16. The number of benzene rings is 7. The Hall–Kier alpha value is -6.38. The van der Waals surface area contributed by atoms with Crippen LogP contribution >= 0.6 is 0 Å². The fourth-order valence-electron chi connectivity index (χ4n) is 7.74. The van der Waals surface area contributed by atoms with Crippen molar-refractivity contribution in [1.29, 1.82) is 0 Å². The molecule has 1 aromatic heterocycles. The van der Waals surface area contributed by atoms with Gasteiger partial charge in [-0.3, -0.25) is 0 Å². The van der Waals surface area contributed by atoms with Gasteiger partial charge >= 0.3 is 0 Å². The van der Waals surface area contributed by atoms with E-state index in [-0.39, 0.29) is 5.41 Å². The minimum absolute atomic E-state index is 0.0640. The summed E-state index contributed by atoms with van der Waals surface area (Å²) in [6.45, 7) is 4.70. The van der Waals surface area contributed by atoms with Crippen LogP contribution in [0.15, 0.2) is 182 Å². The molecular formula is C49H36N2. The molecule has 0 radical (unpaired) electrons. The maximum absolute atomic E-state index is 5.18. The van der Waals surface area contributed by atoms with Crippen molar-refractivity contribution in [3.8, 4) is 78.4 Å². The summed E-state index contributed by atoms with van der Waals surface area (Å²) in [7, 11) is 0. The first-order valence-electron chi connectivity index (χ1n) is 17.6. The van der Waals surface area contributed by atoms with Crippen molar-refractivity contribution in [3.05, 3.63) is 193 Å². The normalized spacial score (nSPS) is 12.7. The lowest BCUT2D eigenvalue weighted by Gasteiger charge is -2.24. The molecule has 1 heterocycles. The maximum atomic E-state index is 5.18. The Morgan fingerprint density at radius 1 is 0.333 bits per heavy atom. The van der Waals surface area contributed by atoms with Crippen LogP contribution in [-0.2, 0) is 5.41 Å². The van der Waals surface area contributed by atoms with Gasteiger partial charge in [0.25, 0.3) is 0 Å². The summed E-state index contributed by atoms with van der Waals surface area (Å²) in [6.07, 6.45) is 0. The Labute approximate surface area is 299 Å². The average Bonchev–Trinajstić information content (AvgIpc) is 3.44. The number of nitrogens with zero attached hydrogens (tertiary/aromatic N) is 2. The highest BCUT2D eigenvalue weighted by atomic mass is 14.9. The molecule has 0 bridgehead atoms. The molecule has 0 spiro atoms. The monoisotopic (exact) mass is 652 g/mol. The van der Waals surface area contributed by atoms with Crippen LogP contribution in [0.2, 0.25) is 0 Å². The molecule has 1 aliphatic rings. The van der Waals surface area contributed by atoms with Gasteiger partial charge in [0.2, 0.25) is 0 Å². The summed E-state index contributed by atoms with van der Waals surface area (Å²) in [5.74, 6) is 0.705. The van der Waals surface area contributed by atoms with Crippen LogP contribution in [0, 0.1) is 0 Å². The fourth-order valence-corrected chi connectivity index (χ4v) is 7.74. The van der Waals surface area contributed by atoms with Gasteiger partial charge in [-0.1, -0.05) is 178 Å². The van der Waals surface area contributed by atoms with Crippen LogP contribution in [0.3, 0.4) is 0 Å². The van der Waals surface area contributed by atoms with Crippen molar-refractivity contribution in [3.63, 3.8) is 0 Å². The summed E-state index contributed by atoms with van der Waals surface area (Å²) in [4.78, 5) is 10.3. The van der Waals surface area contributed by atoms with E-state index in [0.29, 0.717) is 5.82 Å². The smallest absolute Gasteiger partial charge is 0.160 e. The van der Waals surface area contributed by atoms with Gasteiger partial charge < -0.3 is 0 Å². The topological polar surface area (TPSA) is 25.8 Å². The van der Waals surface area contributed by atoms with Crippen molar-refractivity contribution in [2.75, 3.05) is 0 Å². The first kappa shape index (κ1) is 30.7. The van der Waals surface area contributed by atoms with Gasteiger partial charge in [-0.2, -0.15) is 0 Å². The second kappa shape index (κ2) is 12.5. The lowest BCUT2D eigenvalue weighted by molar-refractivity contribution is 0.662. The van der Waals surface area contributed by atoms with Gasteiger partial charge in [-0.05, 0) is 73.8 Å². The Morgan fingerprint density at radius 2 is 0.804 bits per heavy atom. The molecule has 1 aliphatic carbocycles. The van der Waals surface area contributed by atoms with Gasteiger partial charge in [0.1, 0.15) is 0 Å². The molecule has 0 aliphatic heterocycles. The molecule has 51 heavy (non-hydrogen) atoms. The van der Waals surface area contributed by atoms with Gasteiger partial charge in [0.15, 0.2) is 5.82 Å². The predicted molar refractivity (Wildman–Crippen MR) is 212 cm³/mol. The molecule has 0 unspecified atom stereocenters. The molecule has 0 N–H and O–H groups in total. The minimum atomic E-state index is -0.0640. The third-order valence-corrected chi connectivity index (χ3v) is 10.3. The van der Waals surface area contributed by atoms with Gasteiger partial charge in [0, 0.05) is 22.1 Å². The van der Waals surface area contributed by atoms with E-state index in [0.717, 1.165) is 44.8 Å². The molecule has 0 atom stereocenters. The highest BCUT2D eigenvalue weighted by molar-refractivity contribution is 5.88. The first-order chi connectivity index (χ1) is 25.0. The molecule has 242 valence electrons. The molecule has 2 nitrogen and oxygen atoms in total. The van der Waals surface area contributed by atoms with E-state index in [2.05, 4.69) is 184 Å². The zero-order valence-electron chi connectivity index (χ0n) is 28.7. The lowest BCUT2D eigenvalue weighted by atomic mass is 9.79. The highest BCUT2D eigenvalue weighted by Crippen LogP contribution is 2.52. The number of hydrogen-bond acceptors (Lipinski definition) is 2. The van der Waals surface area contributed by atoms with Gasteiger partial charge in [-0.15, -0.1) is 0 Å². The van der Waals surface area contributed by atoms with Crippen LogP contribution in [0.5, 0.6) is 0 Å². The largest absolute Gasteiger partial charge is 0.228 e. The summed E-state index contributed by atoms with van der Waals surface area (Å²) >= 11 is 0. The van der Waals surface area contributed by atoms with E-state index in [1.165, 1.54) is 38.9 Å². The zero-order chi connectivity index (χ0) is 34.4. The number of fused-ring (bicyclic) bond motifs is 3. The molecule has 9 rings (SSSR count). The Morgan fingerprint density at radius 3 is 1.53 bits per heavy atom. The number of rotatable bonds is 6. The van der Waals surface area contributed by atoms with Crippen molar-refractivity contribution in [1.82, 2.24) is 9.97 Å². The summed E-state index contributed by atoms with van der Waals surface area (Å²) in [5.41, 5.74) is 17.5. The van der Waals surface area contributed by atoms with E-state index >= 15 is 0 Å². The molecule has 0 saturated heterocycles. The van der Waals surface area contributed by atoms with Crippen LogP contribution in [0.25, 0.3) is 78.4 Å². The van der Waals surface area contributed by atoms with E-state index in [1.807, 2.05) is 12.1 Å². The van der Waals surface area contributed by atoms with Gasteiger partial charge in [0.05, 0.1) is 11.4 Å². The molecule has 0 saturated carbocycles. The second-order valence-electron chi connectivity index (χ2n) is 13.8. The van der Waals surface area contributed by atoms with Crippen molar-refractivity contribution in [2.24, 2.45) is 0 Å². The van der Waals surface area contributed by atoms with E-state index in [4.69, 9.17) is 9.97 Å². The fraction of sp³-hybridized carbons (Fsp3) is 0.0612. The summed E-state index contributed by atoms with van der Waals surface area (Å²) in [6, 6.07) is 64.7. The van der Waals surface area contributed by atoms with Crippen LogP contribution in [0.1, 0.15) is 25.0 Å². The maximum Gasteiger partial charge on any atom is 0.160 e. The second-order valence-corrected chi connectivity index (χ2v) is 13.8. The summed E-state index contributed by atoms with van der Waals surface area (Å²) < 4.78 is 0. The molecular weight excluding hydrogens is 617 g/mol. The van der Waals surface area contributed by atoms with Crippen LogP contribution in [0.4, 0.5) is 0 Å². The summed E-state index contributed by atoms with van der Waals surface area (Å²) in [5, 5.41) is 0. The standard InChI is InChI=1S/C49H36N2/c1-49(2)44-25-10-9-22-42(44)43-24-13-23-41(47(43)49)35-28-26-34(27-29-35)38-19-12-21-40(31-38)48-50-45(36-16-7-4-8-17-36)32-46(51-48)39-20-11-18-37(30-39)33-14-5-3-6-15-33/h3-32H,1-2H3. The van der Waals surface area contributed by atoms with Crippen LogP contribution in [-0.4, -0.2) is 9.97 Å². The average molecular weight is 653 g/mol. The van der Waals surface area contributed by atoms with Crippen molar-refractivity contribution in [2.45, 2.75) is 19.3 Å². The SMILES string of the molecule is CC1(C)c2ccccc2-c2cccc(-c3ccc(-c4cccc(-c5nc(-c6ccccc6)cc(-c6cccc(-c7ccccc7)c6)n5)c4)cc3)c21. The molecule has 0 fully saturated rings. The molecule has 2 heteroatoms. The van der Waals surface area contributed by atoms with Crippen molar-refractivity contribution < 1.29 is 0 Å². The Bertz CT molecular complexity index is 2530. The van der Waals surface area contributed by atoms with Gasteiger partial charge in [-0.25, -0.2) is 9.97 Å². The van der Waals surface area contributed by atoms with E-state index in [9.17, 15) is 0 Å². The predicted octanol–water partition coefficient (Wildman–Crippen LogP) is 12.8. The third-order valence-electron chi connectivity index (χ3n) is 10.3. The van der Waals surface area contributed by atoms with E-state index in [1.54, 1.807) is 0 Å². The Kier molecular flexibility index (Phi) is 7.51. The van der Waals surface area contributed by atoms with E-state index < -0.39 is 0 Å². The Balaban J connectivity index is 1.09. The van der Waals surface area contributed by atoms with Crippen molar-refractivity contribution >= 4 is 0 Å². The highest BCUT2D eigenvalue weighted by Gasteiger charge is 2.37. The quantitative estimate of drug-likeness (QED) is 0.179. The zero-order valence-corrected chi connectivity index (χ0v) is 28.7. The first-order valence-corrected chi connectivity index (χ1v) is 17.6. The number of hydrogen-bond donors (Lipinski definition) is 0.